The first-order valence-electron chi connectivity index (χ1n) is 2.04. The Hall–Kier alpha value is 1.64. The zero-order chi connectivity index (χ0) is 5.21. The molecule has 2 N–H and O–H groups in total. The molecule has 0 atom stereocenters. The van der Waals surface area contributed by atoms with Crippen LogP contribution in [0.5, 0.6) is 0 Å². The molecule has 0 amide bonds. The summed E-state index contributed by atoms with van der Waals surface area (Å²) in [7, 11) is 0. The van der Waals surface area contributed by atoms with Crippen molar-refractivity contribution in [2.24, 2.45) is 3.68 Å². The fraction of sp³-hybridized carbons (Fsp3) is 1.00. The van der Waals surface area contributed by atoms with Gasteiger partial charge in [0.05, 0.1) is 0 Å². The minimum Gasteiger partial charge on any atom is -0.147 e. The Balaban J connectivity index is -0.000000125. The van der Waals surface area contributed by atoms with Crippen LogP contribution in [0.15, 0.2) is 0 Å². The SMILES string of the molecule is C[Si](C)(C)[Zr][NH2].Cl.Cl. The maximum atomic E-state index is 5.54. The first-order valence-corrected chi connectivity index (χ1v) is 10.6. The van der Waals surface area contributed by atoms with E-state index < -0.39 is 5.20 Å². The van der Waals surface area contributed by atoms with Crippen LogP contribution in [0, 0.1) is 0 Å². The van der Waals surface area contributed by atoms with Crippen molar-refractivity contribution in [1.82, 2.24) is 0 Å². The average molecular weight is 253 g/mol. The van der Waals surface area contributed by atoms with Gasteiger partial charge >= 0.3 is 51.2 Å². The standard InChI is InChI=1S/C3H9Si.2ClH.H2N.Zr/c1-4(2)3;;;;/h1-3H3;2*1H;1H2;/q;;;-1;+1. The summed E-state index contributed by atoms with van der Waals surface area (Å²) in [5.41, 5.74) is 0. The number of hydrogen-bond donors (Lipinski definition) is 1. The number of hydrogen-bond acceptors (Lipinski definition) is 1. The van der Waals surface area contributed by atoms with Crippen LogP contribution in [0.2, 0.25) is 19.6 Å². The molecule has 0 bridgehead atoms. The predicted molar refractivity (Wildman–Crippen MR) is 42.0 cm³/mol. The van der Waals surface area contributed by atoms with E-state index in [0.29, 0.717) is 0 Å². The molecule has 0 aliphatic heterocycles. The van der Waals surface area contributed by atoms with Crippen molar-refractivity contribution in [2.75, 3.05) is 0 Å². The third-order valence-corrected chi connectivity index (χ3v) is 7.69. The van der Waals surface area contributed by atoms with Crippen molar-refractivity contribution in [3.8, 4) is 0 Å². The molecule has 0 aromatic heterocycles. The van der Waals surface area contributed by atoms with E-state index in [9.17, 15) is 0 Å². The van der Waals surface area contributed by atoms with Crippen molar-refractivity contribution < 1.29 is 22.7 Å². The molecule has 0 heterocycles. The van der Waals surface area contributed by atoms with Crippen molar-refractivity contribution in [3.63, 3.8) is 0 Å². The number of halogens is 2. The summed E-state index contributed by atoms with van der Waals surface area (Å²) in [6, 6.07) is 0. The summed E-state index contributed by atoms with van der Waals surface area (Å²) in [6.45, 7) is 7.00. The van der Waals surface area contributed by atoms with Crippen LogP contribution >= 0.6 is 24.8 Å². The van der Waals surface area contributed by atoms with E-state index in [1.54, 1.807) is 0 Å². The topological polar surface area (TPSA) is 26.0 Å². The van der Waals surface area contributed by atoms with Gasteiger partial charge in [-0.05, 0) is 0 Å². The normalized spacial score (nSPS) is 8.50. The molecule has 0 aromatic rings. The van der Waals surface area contributed by atoms with Crippen molar-refractivity contribution in [1.29, 1.82) is 0 Å². The van der Waals surface area contributed by atoms with E-state index in [2.05, 4.69) is 19.6 Å². The molecule has 0 aliphatic carbocycles. The molecular formula is C3H13Cl2NSiZr. The first-order chi connectivity index (χ1) is 2.56. The van der Waals surface area contributed by atoms with Gasteiger partial charge in [-0.3, -0.25) is 0 Å². The second-order valence-electron chi connectivity index (χ2n) is 2.39. The molecule has 8 heavy (non-hydrogen) atoms. The summed E-state index contributed by atoms with van der Waals surface area (Å²) in [5, 5.41) is -0.683. The fourth-order valence-corrected chi connectivity index (χ4v) is 0. The van der Waals surface area contributed by atoms with E-state index in [-0.39, 0.29) is 47.5 Å². The molecule has 0 saturated carbocycles. The molecule has 0 aliphatic rings. The molecule has 0 fully saturated rings. The third-order valence-electron chi connectivity index (χ3n) is 0.433. The Morgan fingerprint density at radius 3 is 1.25 bits per heavy atom. The quantitative estimate of drug-likeness (QED) is 0.706. The molecule has 0 spiro atoms. The maximum absolute atomic E-state index is 5.54. The van der Waals surface area contributed by atoms with Crippen molar-refractivity contribution in [3.05, 3.63) is 0 Å². The van der Waals surface area contributed by atoms with Gasteiger partial charge in [-0.25, -0.2) is 0 Å². The minimum atomic E-state index is -0.683. The molecule has 0 radical (unpaired) electrons. The Bertz CT molecular complexity index is 47.0. The van der Waals surface area contributed by atoms with Gasteiger partial charge in [0.2, 0.25) is 0 Å². The van der Waals surface area contributed by atoms with E-state index in [0.717, 1.165) is 0 Å². The molecule has 0 saturated heterocycles. The Labute approximate surface area is 75.5 Å². The third kappa shape index (κ3) is 15.6. The predicted octanol–water partition coefficient (Wildman–Crippen LogP) is 1.62. The van der Waals surface area contributed by atoms with Crippen LogP contribution in [0.3, 0.4) is 0 Å². The van der Waals surface area contributed by atoms with Gasteiger partial charge in [-0.15, -0.1) is 24.8 Å². The summed E-state index contributed by atoms with van der Waals surface area (Å²) < 4.78 is 5.54. The van der Waals surface area contributed by atoms with Crippen LogP contribution in [0.4, 0.5) is 0 Å². The molecular weight excluding hydrogens is 240 g/mol. The Morgan fingerprint density at radius 2 is 1.25 bits per heavy atom. The minimum absolute atomic E-state index is 0. The zero-order valence-electron chi connectivity index (χ0n) is 5.39. The van der Waals surface area contributed by atoms with E-state index in [4.69, 9.17) is 3.68 Å². The molecule has 5 heteroatoms. The van der Waals surface area contributed by atoms with E-state index >= 15 is 0 Å². The van der Waals surface area contributed by atoms with Crippen LogP contribution < -0.4 is 3.68 Å². The Kier molecular flexibility index (Phi) is 13.8. The number of nitrogens with two attached hydrogens (primary N) is 1. The van der Waals surface area contributed by atoms with Gasteiger partial charge in [0.15, 0.2) is 0 Å². The second-order valence-corrected chi connectivity index (χ2v) is 20.4. The van der Waals surface area contributed by atoms with Gasteiger partial charge in [0, 0.05) is 0 Å². The Morgan fingerprint density at radius 1 is 1.12 bits per heavy atom. The molecule has 0 unspecified atom stereocenters. The average Bonchev–Trinajstić information content (AvgIpc) is 1.35. The van der Waals surface area contributed by atoms with Gasteiger partial charge in [0.1, 0.15) is 0 Å². The fourth-order valence-electron chi connectivity index (χ4n) is 0. The summed E-state index contributed by atoms with van der Waals surface area (Å²) in [4.78, 5) is 0. The second kappa shape index (κ2) is 6.76. The summed E-state index contributed by atoms with van der Waals surface area (Å²) >= 11 is -0.337. The molecule has 1 nitrogen and oxygen atoms in total. The number of rotatable bonds is 1. The zero-order valence-corrected chi connectivity index (χ0v) is 10.5. The van der Waals surface area contributed by atoms with E-state index in [1.807, 2.05) is 0 Å². The maximum Gasteiger partial charge on any atom is -0.147 e. The summed E-state index contributed by atoms with van der Waals surface area (Å²) in [5.74, 6) is 0. The summed E-state index contributed by atoms with van der Waals surface area (Å²) in [6.07, 6.45) is 0. The van der Waals surface area contributed by atoms with Gasteiger partial charge in [0.25, 0.3) is 0 Å². The smallest absolute Gasteiger partial charge is 0.147 e. The van der Waals surface area contributed by atoms with Crippen LogP contribution in [0.25, 0.3) is 0 Å². The molecule has 0 rings (SSSR count). The van der Waals surface area contributed by atoms with Gasteiger partial charge < -0.3 is 0 Å². The van der Waals surface area contributed by atoms with E-state index in [1.165, 1.54) is 0 Å². The van der Waals surface area contributed by atoms with Gasteiger partial charge in [-0.2, -0.15) is 0 Å². The molecule has 0 aromatic carbocycles. The van der Waals surface area contributed by atoms with Crippen molar-refractivity contribution >= 4 is 30.0 Å². The van der Waals surface area contributed by atoms with Crippen molar-refractivity contribution in [2.45, 2.75) is 19.6 Å². The first kappa shape index (κ1) is 16.3. The van der Waals surface area contributed by atoms with Gasteiger partial charge in [-0.1, -0.05) is 0 Å². The largest absolute Gasteiger partial charge is 0.147 e. The monoisotopic (exact) mass is 251 g/mol. The van der Waals surface area contributed by atoms with Crippen LogP contribution in [-0.2, 0) is 22.7 Å². The van der Waals surface area contributed by atoms with Crippen LogP contribution in [0.1, 0.15) is 0 Å². The molecule has 52 valence electrons. The van der Waals surface area contributed by atoms with Crippen LogP contribution in [-0.4, -0.2) is 5.20 Å².